The number of piperazine rings is 1. The summed E-state index contributed by atoms with van der Waals surface area (Å²) in [6, 6.07) is 5.62. The van der Waals surface area contributed by atoms with E-state index in [2.05, 4.69) is 40.3 Å². The van der Waals surface area contributed by atoms with Crippen LogP contribution in [0.4, 0.5) is 0 Å². The fraction of sp³-hybridized carbons (Fsp3) is 0.667. The molecule has 8 nitrogen and oxygen atoms in total. The van der Waals surface area contributed by atoms with Crippen molar-refractivity contribution < 1.29 is 9.59 Å². The van der Waals surface area contributed by atoms with Crippen LogP contribution < -0.4 is 5.32 Å². The van der Waals surface area contributed by atoms with E-state index >= 15 is 0 Å². The number of aromatic nitrogens is 3. The molecule has 8 heteroatoms. The van der Waals surface area contributed by atoms with Gasteiger partial charge in [-0.05, 0) is 57.6 Å². The van der Waals surface area contributed by atoms with Crippen molar-refractivity contribution in [3.8, 4) is 0 Å². The van der Waals surface area contributed by atoms with Crippen LogP contribution in [-0.4, -0.2) is 68.0 Å². The van der Waals surface area contributed by atoms with Gasteiger partial charge in [0.05, 0.1) is 17.4 Å². The molecule has 2 aliphatic heterocycles. The van der Waals surface area contributed by atoms with E-state index < -0.39 is 5.54 Å². The molecular formula is C30H44N6O2. The van der Waals surface area contributed by atoms with Gasteiger partial charge in [-0.1, -0.05) is 51.5 Å². The van der Waals surface area contributed by atoms with E-state index in [-0.39, 0.29) is 23.9 Å². The predicted octanol–water partition coefficient (Wildman–Crippen LogP) is 4.44. The summed E-state index contributed by atoms with van der Waals surface area (Å²) in [6.45, 7) is 8.32. The maximum Gasteiger partial charge on any atom is 0.246 e. The summed E-state index contributed by atoms with van der Waals surface area (Å²) in [7, 11) is 0. The van der Waals surface area contributed by atoms with E-state index in [1.54, 1.807) is 0 Å². The SMILES string of the molecule is CCCCN1C(=O)[C@H](CC2CCCCC2)NC(=O)C12CCN(C(c1ccccn1)c1c(C)n[nH]c1C)CC2. The van der Waals surface area contributed by atoms with Crippen LogP contribution in [0.3, 0.4) is 0 Å². The third-order valence-corrected chi connectivity index (χ3v) is 9.25. The number of hydrogen-bond donors (Lipinski definition) is 2. The Morgan fingerprint density at radius 3 is 2.50 bits per heavy atom. The summed E-state index contributed by atoms with van der Waals surface area (Å²) < 4.78 is 0. The van der Waals surface area contributed by atoms with Gasteiger partial charge in [0.1, 0.15) is 11.6 Å². The minimum atomic E-state index is -0.763. The van der Waals surface area contributed by atoms with Gasteiger partial charge in [0.15, 0.2) is 0 Å². The third kappa shape index (κ3) is 5.12. The van der Waals surface area contributed by atoms with Gasteiger partial charge in [-0.25, -0.2) is 0 Å². The number of piperidine rings is 1. The molecule has 2 aromatic rings. The Hall–Kier alpha value is -2.74. The van der Waals surface area contributed by atoms with E-state index in [9.17, 15) is 9.59 Å². The molecule has 1 spiro atoms. The summed E-state index contributed by atoms with van der Waals surface area (Å²) in [5.41, 5.74) is 3.38. The van der Waals surface area contributed by atoms with E-state index in [0.29, 0.717) is 38.4 Å². The smallest absolute Gasteiger partial charge is 0.246 e. The lowest BCUT2D eigenvalue weighted by atomic mass is 9.78. The van der Waals surface area contributed by atoms with Crippen molar-refractivity contribution in [2.75, 3.05) is 19.6 Å². The van der Waals surface area contributed by atoms with Crippen molar-refractivity contribution in [3.63, 3.8) is 0 Å². The fourth-order valence-electron chi connectivity index (χ4n) is 7.10. The lowest BCUT2D eigenvalue weighted by Crippen LogP contribution is -2.73. The van der Waals surface area contributed by atoms with Crippen LogP contribution in [0.15, 0.2) is 24.4 Å². The highest BCUT2D eigenvalue weighted by atomic mass is 16.2. The van der Waals surface area contributed by atoms with Crippen molar-refractivity contribution in [1.29, 1.82) is 0 Å². The van der Waals surface area contributed by atoms with Crippen LogP contribution in [0.2, 0.25) is 0 Å². The predicted molar refractivity (Wildman–Crippen MR) is 147 cm³/mol. The molecule has 0 bridgehead atoms. The molecule has 2 amide bonds. The zero-order chi connectivity index (χ0) is 26.7. The van der Waals surface area contributed by atoms with Crippen molar-refractivity contribution in [2.45, 2.75) is 103 Å². The fourth-order valence-corrected chi connectivity index (χ4v) is 7.10. The highest BCUT2D eigenvalue weighted by Crippen LogP contribution is 2.40. The second kappa shape index (κ2) is 11.6. The quantitative estimate of drug-likeness (QED) is 0.537. The molecule has 38 heavy (non-hydrogen) atoms. The Bertz CT molecular complexity index is 1080. The van der Waals surface area contributed by atoms with Gasteiger partial charge in [-0.3, -0.25) is 24.6 Å². The van der Waals surface area contributed by atoms with Gasteiger partial charge < -0.3 is 10.2 Å². The van der Waals surface area contributed by atoms with Gasteiger partial charge in [0.2, 0.25) is 11.8 Å². The maximum atomic E-state index is 13.9. The van der Waals surface area contributed by atoms with Crippen LogP contribution >= 0.6 is 0 Å². The van der Waals surface area contributed by atoms with Gasteiger partial charge in [0.25, 0.3) is 0 Å². The maximum absolute atomic E-state index is 13.9. The average Bonchev–Trinajstić information content (AvgIpc) is 3.27. The van der Waals surface area contributed by atoms with Gasteiger partial charge >= 0.3 is 0 Å². The van der Waals surface area contributed by atoms with E-state index in [1.165, 1.54) is 32.1 Å². The number of aryl methyl sites for hydroxylation is 2. The molecular weight excluding hydrogens is 476 g/mol. The summed E-state index contributed by atoms with van der Waals surface area (Å²) in [5, 5.41) is 10.8. The lowest BCUT2D eigenvalue weighted by Gasteiger charge is -2.53. The number of carbonyl (C=O) groups excluding carboxylic acids is 2. The minimum Gasteiger partial charge on any atom is -0.342 e. The molecule has 4 heterocycles. The molecule has 2 N–H and O–H groups in total. The molecule has 3 fully saturated rings. The van der Waals surface area contributed by atoms with Crippen LogP contribution in [0.5, 0.6) is 0 Å². The van der Waals surface area contributed by atoms with Crippen molar-refractivity contribution in [1.82, 2.24) is 30.3 Å². The molecule has 0 aromatic carbocycles. The van der Waals surface area contributed by atoms with Gasteiger partial charge in [-0.15, -0.1) is 0 Å². The van der Waals surface area contributed by atoms with Crippen LogP contribution in [0.1, 0.15) is 99.8 Å². The number of amides is 2. The molecule has 2 aromatic heterocycles. The molecule has 1 unspecified atom stereocenters. The largest absolute Gasteiger partial charge is 0.342 e. The molecule has 206 valence electrons. The normalized spacial score (nSPS) is 23.6. The topological polar surface area (TPSA) is 94.2 Å². The number of pyridine rings is 1. The molecule has 0 radical (unpaired) electrons. The number of hydrogen-bond acceptors (Lipinski definition) is 5. The molecule has 1 saturated carbocycles. The number of aromatic amines is 1. The van der Waals surface area contributed by atoms with E-state index in [1.807, 2.05) is 30.2 Å². The number of nitrogens with one attached hydrogen (secondary N) is 2. The summed E-state index contributed by atoms with van der Waals surface area (Å²) >= 11 is 0. The first kappa shape index (κ1) is 26.9. The monoisotopic (exact) mass is 520 g/mol. The number of H-pyrrole nitrogens is 1. The first-order valence-electron chi connectivity index (χ1n) is 14.7. The number of carbonyl (C=O) groups is 2. The van der Waals surface area contributed by atoms with Crippen molar-refractivity contribution in [2.24, 2.45) is 5.92 Å². The first-order chi connectivity index (χ1) is 18.4. The number of rotatable bonds is 8. The Balaban J connectivity index is 1.38. The zero-order valence-corrected chi connectivity index (χ0v) is 23.3. The standard InChI is InChI=1S/C30H44N6O2/c1-4-5-17-36-28(37)25(20-23-11-7-6-8-12-23)32-29(38)30(36)14-18-35(19-15-30)27(24-13-9-10-16-31-24)26-21(2)33-34-22(26)3/h9-10,13,16,23,25,27H,4-8,11-12,14-15,17-20H2,1-3H3,(H,32,38)(H,33,34)/t25-,27?/m0/s1. The third-order valence-electron chi connectivity index (χ3n) is 9.25. The number of likely N-dealkylation sites (tertiary alicyclic amines) is 1. The van der Waals surface area contributed by atoms with E-state index in [0.717, 1.165) is 41.9 Å². The first-order valence-corrected chi connectivity index (χ1v) is 14.7. The van der Waals surface area contributed by atoms with Crippen LogP contribution in [0, 0.1) is 19.8 Å². The lowest BCUT2D eigenvalue weighted by molar-refractivity contribution is -0.162. The van der Waals surface area contributed by atoms with E-state index in [4.69, 9.17) is 4.98 Å². The average molecular weight is 521 g/mol. The van der Waals surface area contributed by atoms with Crippen LogP contribution in [0.25, 0.3) is 0 Å². The van der Waals surface area contributed by atoms with Gasteiger partial charge in [-0.2, -0.15) is 5.10 Å². The summed E-state index contributed by atoms with van der Waals surface area (Å²) in [5.74, 6) is 0.737. The zero-order valence-electron chi connectivity index (χ0n) is 23.3. The Labute approximate surface area is 227 Å². The Morgan fingerprint density at radius 1 is 1.11 bits per heavy atom. The Kier molecular flexibility index (Phi) is 8.17. The number of nitrogens with zero attached hydrogens (tertiary/aromatic N) is 4. The van der Waals surface area contributed by atoms with Crippen molar-refractivity contribution in [3.05, 3.63) is 47.0 Å². The summed E-state index contributed by atoms with van der Waals surface area (Å²) in [6.07, 6.45) is 11.9. The highest BCUT2D eigenvalue weighted by molar-refractivity contribution is 6.00. The molecule has 1 aliphatic carbocycles. The number of unbranched alkanes of at least 4 members (excludes halogenated alkanes) is 1. The minimum absolute atomic E-state index is 0.0437. The van der Waals surface area contributed by atoms with Crippen LogP contribution in [-0.2, 0) is 9.59 Å². The summed E-state index contributed by atoms with van der Waals surface area (Å²) in [4.78, 5) is 36.9. The second-order valence-corrected chi connectivity index (χ2v) is 11.7. The second-order valence-electron chi connectivity index (χ2n) is 11.7. The van der Waals surface area contributed by atoms with Gasteiger partial charge in [0, 0.05) is 37.1 Å². The molecule has 2 atom stereocenters. The molecule has 5 rings (SSSR count). The molecule has 2 saturated heterocycles. The van der Waals surface area contributed by atoms with Crippen molar-refractivity contribution >= 4 is 11.8 Å². The Morgan fingerprint density at radius 2 is 1.87 bits per heavy atom. The highest BCUT2D eigenvalue weighted by Gasteiger charge is 2.54. The molecule has 3 aliphatic rings.